The zero-order valence-electron chi connectivity index (χ0n) is 14.9. The van der Waals surface area contributed by atoms with Gasteiger partial charge in [0.05, 0.1) is 16.4 Å². The third kappa shape index (κ3) is 3.30. The zero-order valence-corrected chi connectivity index (χ0v) is 17.3. The van der Waals surface area contributed by atoms with Crippen molar-refractivity contribution in [1.82, 2.24) is 28.8 Å². The molecule has 9 nitrogen and oxygen atoms in total. The van der Waals surface area contributed by atoms with Crippen molar-refractivity contribution in [3.63, 3.8) is 0 Å². The van der Waals surface area contributed by atoms with Crippen molar-refractivity contribution in [3.8, 4) is 0 Å². The van der Waals surface area contributed by atoms with E-state index >= 15 is 0 Å². The van der Waals surface area contributed by atoms with Gasteiger partial charge in [-0.15, -0.1) is 0 Å². The molecule has 2 aromatic heterocycles. The summed E-state index contributed by atoms with van der Waals surface area (Å²) in [6.07, 6.45) is 3.14. The molecule has 142 valence electrons. The minimum Gasteiger partial charge on any atom is -0.335 e. The molecular formula is C15H21BrN6O3S. The summed E-state index contributed by atoms with van der Waals surface area (Å²) in [4.78, 5) is 14.6. The lowest BCUT2D eigenvalue weighted by Gasteiger charge is -2.33. The SMILES string of the molecule is CCn1cc(S(=O)(=O)N2CCN(C(=O)c3c(Br)cnn3C)CC2)c(C)n1. The van der Waals surface area contributed by atoms with Crippen molar-refractivity contribution in [2.45, 2.75) is 25.3 Å². The molecule has 11 heteroatoms. The molecule has 3 rings (SSSR count). The van der Waals surface area contributed by atoms with E-state index in [1.165, 1.54) is 8.99 Å². The highest BCUT2D eigenvalue weighted by molar-refractivity contribution is 9.10. The third-order valence-electron chi connectivity index (χ3n) is 4.47. The van der Waals surface area contributed by atoms with E-state index in [0.717, 1.165) is 0 Å². The number of sulfonamides is 1. The van der Waals surface area contributed by atoms with Crippen molar-refractivity contribution in [2.24, 2.45) is 7.05 Å². The Bertz CT molecular complexity index is 908. The molecule has 0 atom stereocenters. The lowest BCUT2D eigenvalue weighted by molar-refractivity contribution is 0.0686. The normalized spacial score (nSPS) is 16.2. The molecule has 1 fully saturated rings. The number of carbonyl (C=O) groups excluding carboxylic acids is 1. The fourth-order valence-corrected chi connectivity index (χ4v) is 5.10. The Hall–Kier alpha value is -1.72. The van der Waals surface area contributed by atoms with E-state index in [4.69, 9.17) is 0 Å². The van der Waals surface area contributed by atoms with Crippen molar-refractivity contribution in [1.29, 1.82) is 0 Å². The van der Waals surface area contributed by atoms with Crippen LogP contribution in [0.1, 0.15) is 23.1 Å². The van der Waals surface area contributed by atoms with Gasteiger partial charge in [0.25, 0.3) is 5.91 Å². The number of piperazine rings is 1. The van der Waals surface area contributed by atoms with Crippen molar-refractivity contribution < 1.29 is 13.2 Å². The van der Waals surface area contributed by atoms with Gasteiger partial charge in [-0.05, 0) is 29.8 Å². The van der Waals surface area contributed by atoms with Gasteiger partial charge in [-0.25, -0.2) is 8.42 Å². The van der Waals surface area contributed by atoms with E-state index in [9.17, 15) is 13.2 Å². The Morgan fingerprint density at radius 3 is 2.42 bits per heavy atom. The Labute approximate surface area is 160 Å². The van der Waals surface area contributed by atoms with Crippen LogP contribution in [-0.2, 0) is 23.6 Å². The lowest BCUT2D eigenvalue weighted by Crippen LogP contribution is -2.50. The van der Waals surface area contributed by atoms with E-state index in [-0.39, 0.29) is 23.9 Å². The Morgan fingerprint density at radius 2 is 1.92 bits per heavy atom. The van der Waals surface area contributed by atoms with Crippen LogP contribution in [0.5, 0.6) is 0 Å². The molecule has 26 heavy (non-hydrogen) atoms. The molecule has 0 saturated carbocycles. The average Bonchev–Trinajstić information content (AvgIpc) is 3.17. The van der Waals surface area contributed by atoms with Crippen LogP contribution >= 0.6 is 15.9 Å². The van der Waals surface area contributed by atoms with Crippen LogP contribution in [0.3, 0.4) is 0 Å². The fourth-order valence-electron chi connectivity index (χ4n) is 2.99. The summed E-state index contributed by atoms with van der Waals surface area (Å²) in [6, 6.07) is 0. The number of nitrogens with zero attached hydrogens (tertiary/aromatic N) is 6. The summed E-state index contributed by atoms with van der Waals surface area (Å²) < 4.78 is 31.0. The molecule has 0 bridgehead atoms. The van der Waals surface area contributed by atoms with Crippen LogP contribution < -0.4 is 0 Å². The molecule has 0 spiro atoms. The summed E-state index contributed by atoms with van der Waals surface area (Å²) in [7, 11) is -1.91. The smallest absolute Gasteiger partial charge is 0.273 e. The number of rotatable bonds is 4. The van der Waals surface area contributed by atoms with Crippen LogP contribution in [0.2, 0.25) is 0 Å². The summed E-state index contributed by atoms with van der Waals surface area (Å²) >= 11 is 3.33. The molecular weight excluding hydrogens is 424 g/mol. The maximum atomic E-state index is 12.9. The Morgan fingerprint density at radius 1 is 1.27 bits per heavy atom. The minimum absolute atomic E-state index is 0.163. The quantitative estimate of drug-likeness (QED) is 0.696. The molecule has 0 aromatic carbocycles. The molecule has 1 saturated heterocycles. The predicted octanol–water partition coefficient (Wildman–Crippen LogP) is 0.854. The van der Waals surface area contributed by atoms with E-state index in [2.05, 4.69) is 26.1 Å². The van der Waals surface area contributed by atoms with Gasteiger partial charge < -0.3 is 4.90 Å². The lowest BCUT2D eigenvalue weighted by atomic mass is 10.3. The average molecular weight is 445 g/mol. The number of hydrogen-bond acceptors (Lipinski definition) is 5. The largest absolute Gasteiger partial charge is 0.335 e. The topological polar surface area (TPSA) is 93.3 Å². The van der Waals surface area contributed by atoms with Gasteiger partial charge >= 0.3 is 0 Å². The minimum atomic E-state index is -3.62. The van der Waals surface area contributed by atoms with E-state index in [1.807, 2.05) is 6.92 Å². The maximum Gasteiger partial charge on any atom is 0.273 e. The van der Waals surface area contributed by atoms with Crippen LogP contribution in [0, 0.1) is 6.92 Å². The summed E-state index contributed by atoms with van der Waals surface area (Å²) in [5.41, 5.74) is 0.950. The number of aryl methyl sites for hydroxylation is 3. The van der Waals surface area contributed by atoms with Crippen LogP contribution in [0.15, 0.2) is 21.8 Å². The molecule has 1 amide bonds. The maximum absolute atomic E-state index is 12.9. The highest BCUT2D eigenvalue weighted by Gasteiger charge is 2.33. The van der Waals surface area contributed by atoms with Gasteiger partial charge in [0.15, 0.2) is 0 Å². The number of aromatic nitrogens is 4. The Kier molecular flexibility index (Phi) is 5.22. The third-order valence-corrected chi connectivity index (χ3v) is 7.05. The highest BCUT2D eigenvalue weighted by Crippen LogP contribution is 2.22. The van der Waals surface area contributed by atoms with Gasteiger partial charge in [-0.1, -0.05) is 0 Å². The van der Waals surface area contributed by atoms with Crippen molar-refractivity contribution in [2.75, 3.05) is 26.2 Å². The van der Waals surface area contributed by atoms with Gasteiger partial charge in [0.2, 0.25) is 10.0 Å². The molecule has 0 radical (unpaired) electrons. The molecule has 0 N–H and O–H groups in total. The van der Waals surface area contributed by atoms with E-state index in [0.29, 0.717) is 35.5 Å². The second-order valence-corrected chi connectivity index (χ2v) is 8.86. The first-order chi connectivity index (χ1) is 12.3. The summed E-state index contributed by atoms with van der Waals surface area (Å²) in [5, 5.41) is 8.27. The van der Waals surface area contributed by atoms with Crippen LogP contribution in [0.4, 0.5) is 0 Å². The summed E-state index contributed by atoms with van der Waals surface area (Å²) in [5.74, 6) is -0.163. The van der Waals surface area contributed by atoms with Crippen molar-refractivity contribution in [3.05, 3.63) is 28.3 Å². The van der Waals surface area contributed by atoms with Crippen molar-refractivity contribution >= 4 is 31.9 Å². The van der Waals surface area contributed by atoms with Gasteiger partial charge in [0.1, 0.15) is 10.6 Å². The molecule has 2 aromatic rings. The zero-order chi connectivity index (χ0) is 19.1. The van der Waals surface area contributed by atoms with Gasteiger partial charge in [-0.3, -0.25) is 14.2 Å². The van der Waals surface area contributed by atoms with Crippen LogP contribution in [-0.4, -0.2) is 69.3 Å². The number of carbonyl (C=O) groups is 1. The predicted molar refractivity (Wildman–Crippen MR) is 98.2 cm³/mol. The molecule has 3 heterocycles. The second kappa shape index (κ2) is 7.12. The first-order valence-electron chi connectivity index (χ1n) is 8.26. The fraction of sp³-hybridized carbons (Fsp3) is 0.533. The monoisotopic (exact) mass is 444 g/mol. The molecule has 0 unspecified atom stereocenters. The van der Waals surface area contributed by atoms with Gasteiger partial charge in [-0.2, -0.15) is 14.5 Å². The Balaban J connectivity index is 1.73. The number of halogens is 1. The van der Waals surface area contributed by atoms with Gasteiger partial charge in [0, 0.05) is 46.0 Å². The first-order valence-corrected chi connectivity index (χ1v) is 10.5. The first kappa shape index (κ1) is 19.1. The summed E-state index contributed by atoms with van der Waals surface area (Å²) in [6.45, 7) is 5.37. The molecule has 1 aliphatic rings. The van der Waals surface area contributed by atoms with E-state index < -0.39 is 10.0 Å². The number of amides is 1. The number of hydrogen-bond donors (Lipinski definition) is 0. The standard InChI is InChI=1S/C15H21BrN6O3S/c1-4-21-10-13(11(2)18-21)26(24,25)22-7-5-20(6-8-22)15(23)14-12(16)9-17-19(14)3/h9-10H,4-8H2,1-3H3. The molecule has 0 aliphatic carbocycles. The molecule has 1 aliphatic heterocycles. The van der Waals surface area contributed by atoms with Crippen LogP contribution in [0.25, 0.3) is 0 Å². The highest BCUT2D eigenvalue weighted by atomic mass is 79.9. The van der Waals surface area contributed by atoms with E-state index in [1.54, 1.807) is 35.9 Å². The second-order valence-electron chi connectivity index (χ2n) is 6.10.